The van der Waals surface area contributed by atoms with E-state index in [-0.39, 0.29) is 23.4 Å². The Hall–Kier alpha value is -1.97. The van der Waals surface area contributed by atoms with Crippen LogP contribution in [0.1, 0.15) is 42.1 Å². The number of Topliss-reactive ketones (excluding diaryl/α,β-unsaturated/α-hetero) is 1. The van der Waals surface area contributed by atoms with E-state index in [0.29, 0.717) is 19.6 Å². The first-order chi connectivity index (χ1) is 11.6. The van der Waals surface area contributed by atoms with Gasteiger partial charge in [-0.2, -0.15) is 0 Å². The van der Waals surface area contributed by atoms with Crippen LogP contribution in [-0.2, 0) is 9.47 Å². The maximum Gasteiger partial charge on any atom is 0.170 e. The molecule has 0 aliphatic carbocycles. The van der Waals surface area contributed by atoms with Gasteiger partial charge in [0.1, 0.15) is 0 Å². The molecule has 0 aromatic heterocycles. The largest absolute Gasteiger partial charge is 0.352 e. The number of ketones is 1. The van der Waals surface area contributed by atoms with Crippen molar-refractivity contribution < 1.29 is 14.3 Å². The Bertz CT molecular complexity index is 654. The molecule has 0 radical (unpaired) electrons. The second-order valence-corrected chi connectivity index (χ2v) is 7.15. The number of ether oxygens (including phenoxy) is 2. The van der Waals surface area contributed by atoms with E-state index in [1.807, 2.05) is 60.7 Å². The number of rotatable bonds is 5. The molecule has 3 heteroatoms. The first-order valence-corrected chi connectivity index (χ1v) is 8.43. The Morgan fingerprint density at radius 3 is 2.12 bits per heavy atom. The van der Waals surface area contributed by atoms with Gasteiger partial charge in [-0.15, -0.1) is 0 Å². The van der Waals surface area contributed by atoms with Crippen LogP contribution in [0.2, 0.25) is 0 Å². The minimum absolute atomic E-state index is 0.0299. The van der Waals surface area contributed by atoms with Crippen molar-refractivity contribution in [2.45, 2.75) is 32.5 Å². The quantitative estimate of drug-likeness (QED) is 0.763. The van der Waals surface area contributed by atoms with Gasteiger partial charge in [-0.1, -0.05) is 74.5 Å². The normalized spacial score (nSPS) is 18.9. The van der Waals surface area contributed by atoms with Gasteiger partial charge in [0.25, 0.3) is 0 Å². The lowest BCUT2D eigenvalue weighted by Crippen LogP contribution is -2.39. The summed E-state index contributed by atoms with van der Waals surface area (Å²) in [6, 6.07) is 19.3. The molecule has 0 bridgehead atoms. The number of hydrogen-bond acceptors (Lipinski definition) is 3. The molecule has 1 aliphatic heterocycles. The topological polar surface area (TPSA) is 35.5 Å². The predicted octanol–water partition coefficient (Wildman–Crippen LogP) is 4.44. The maximum atomic E-state index is 13.0. The molecule has 24 heavy (non-hydrogen) atoms. The van der Waals surface area contributed by atoms with Crippen LogP contribution in [0.15, 0.2) is 60.7 Å². The summed E-state index contributed by atoms with van der Waals surface area (Å²) in [6.45, 7) is 5.54. The molecule has 0 N–H and O–H groups in total. The molecular formula is C21H24O3. The third kappa shape index (κ3) is 4.11. The van der Waals surface area contributed by atoms with Crippen LogP contribution >= 0.6 is 0 Å². The molecule has 1 fully saturated rings. The van der Waals surface area contributed by atoms with E-state index in [4.69, 9.17) is 9.47 Å². The van der Waals surface area contributed by atoms with Crippen LogP contribution in [0.25, 0.3) is 0 Å². The Morgan fingerprint density at radius 1 is 1.00 bits per heavy atom. The molecule has 0 amide bonds. The average Bonchev–Trinajstić information content (AvgIpc) is 2.62. The lowest BCUT2D eigenvalue weighted by Gasteiger charge is -2.35. The van der Waals surface area contributed by atoms with E-state index in [2.05, 4.69) is 13.8 Å². The van der Waals surface area contributed by atoms with E-state index in [9.17, 15) is 4.79 Å². The Labute approximate surface area is 143 Å². The minimum Gasteiger partial charge on any atom is -0.352 e. The van der Waals surface area contributed by atoms with Crippen molar-refractivity contribution in [1.82, 2.24) is 0 Å². The Morgan fingerprint density at radius 2 is 1.54 bits per heavy atom. The molecule has 3 rings (SSSR count). The summed E-state index contributed by atoms with van der Waals surface area (Å²) in [5.41, 5.74) is 1.76. The summed E-state index contributed by atoms with van der Waals surface area (Å²) in [5.74, 6) is -0.154. The van der Waals surface area contributed by atoms with Gasteiger partial charge in [-0.05, 0) is 5.56 Å². The van der Waals surface area contributed by atoms with Crippen LogP contribution in [0.4, 0.5) is 0 Å². The molecular weight excluding hydrogens is 300 g/mol. The van der Waals surface area contributed by atoms with Crippen molar-refractivity contribution in [1.29, 1.82) is 0 Å². The highest BCUT2D eigenvalue weighted by Gasteiger charge is 2.32. The average molecular weight is 324 g/mol. The van der Waals surface area contributed by atoms with Crippen molar-refractivity contribution in [2.24, 2.45) is 5.41 Å². The summed E-state index contributed by atoms with van der Waals surface area (Å²) >= 11 is 0. The lowest BCUT2D eigenvalue weighted by molar-refractivity contribution is -0.224. The molecule has 0 spiro atoms. The summed E-state index contributed by atoms with van der Waals surface area (Å²) in [4.78, 5) is 13.0. The van der Waals surface area contributed by atoms with Gasteiger partial charge in [0.15, 0.2) is 12.1 Å². The first kappa shape index (κ1) is 16.9. The van der Waals surface area contributed by atoms with Crippen molar-refractivity contribution in [2.75, 3.05) is 13.2 Å². The molecule has 0 saturated carbocycles. The van der Waals surface area contributed by atoms with E-state index in [1.54, 1.807) is 0 Å². The van der Waals surface area contributed by atoms with E-state index in [0.717, 1.165) is 11.1 Å². The smallest absolute Gasteiger partial charge is 0.170 e. The molecule has 126 valence electrons. The zero-order valence-corrected chi connectivity index (χ0v) is 14.3. The fourth-order valence-corrected chi connectivity index (χ4v) is 2.94. The van der Waals surface area contributed by atoms with Crippen LogP contribution in [0.5, 0.6) is 0 Å². The Balaban J connectivity index is 1.80. The molecule has 2 aromatic carbocycles. The minimum atomic E-state index is -0.337. The van der Waals surface area contributed by atoms with Gasteiger partial charge >= 0.3 is 0 Å². The summed E-state index contributed by atoms with van der Waals surface area (Å²) in [7, 11) is 0. The second-order valence-electron chi connectivity index (χ2n) is 7.15. The van der Waals surface area contributed by atoms with Crippen LogP contribution in [0.3, 0.4) is 0 Å². The predicted molar refractivity (Wildman–Crippen MR) is 94.0 cm³/mol. The van der Waals surface area contributed by atoms with Gasteiger partial charge in [0.05, 0.1) is 19.1 Å². The molecule has 1 saturated heterocycles. The third-order valence-electron chi connectivity index (χ3n) is 4.32. The molecule has 1 heterocycles. The summed E-state index contributed by atoms with van der Waals surface area (Å²) < 4.78 is 11.7. The van der Waals surface area contributed by atoms with Crippen LogP contribution < -0.4 is 0 Å². The third-order valence-corrected chi connectivity index (χ3v) is 4.32. The zero-order chi connectivity index (χ0) is 17.0. The maximum absolute atomic E-state index is 13.0. The molecule has 3 nitrogen and oxygen atoms in total. The summed E-state index contributed by atoms with van der Waals surface area (Å²) in [5, 5.41) is 0. The van der Waals surface area contributed by atoms with Crippen molar-refractivity contribution in [3.63, 3.8) is 0 Å². The van der Waals surface area contributed by atoms with Gasteiger partial charge in [-0.25, -0.2) is 0 Å². The van der Waals surface area contributed by atoms with Gasteiger partial charge < -0.3 is 9.47 Å². The molecule has 2 aromatic rings. The van der Waals surface area contributed by atoms with Crippen LogP contribution in [-0.4, -0.2) is 25.3 Å². The van der Waals surface area contributed by atoms with E-state index >= 15 is 0 Å². The highest BCUT2D eigenvalue weighted by atomic mass is 16.7. The highest BCUT2D eigenvalue weighted by molar-refractivity contribution is 6.00. The van der Waals surface area contributed by atoms with Crippen molar-refractivity contribution >= 4 is 5.78 Å². The van der Waals surface area contributed by atoms with Crippen molar-refractivity contribution in [3.05, 3.63) is 71.8 Å². The lowest BCUT2D eigenvalue weighted by atomic mass is 9.87. The molecule has 1 atom stereocenters. The van der Waals surface area contributed by atoms with Crippen LogP contribution in [0, 0.1) is 5.41 Å². The first-order valence-electron chi connectivity index (χ1n) is 8.43. The van der Waals surface area contributed by atoms with E-state index in [1.165, 1.54) is 0 Å². The summed E-state index contributed by atoms with van der Waals surface area (Å²) in [6.07, 6.45) is 0.198. The van der Waals surface area contributed by atoms with Gasteiger partial charge in [0.2, 0.25) is 0 Å². The monoisotopic (exact) mass is 324 g/mol. The Kier molecular flexibility index (Phi) is 5.12. The van der Waals surface area contributed by atoms with E-state index < -0.39 is 0 Å². The molecule has 1 unspecified atom stereocenters. The zero-order valence-electron chi connectivity index (χ0n) is 14.3. The number of carbonyl (C=O) groups excluding carboxylic acids is 1. The SMILES string of the molecule is CC1(C)COC(CC(C(=O)c2ccccc2)c2ccccc2)OC1. The van der Waals surface area contributed by atoms with Gasteiger partial charge in [-0.3, -0.25) is 4.79 Å². The fraction of sp³-hybridized carbons (Fsp3) is 0.381. The number of hydrogen-bond donors (Lipinski definition) is 0. The fourth-order valence-electron chi connectivity index (χ4n) is 2.94. The van der Waals surface area contributed by atoms with Crippen molar-refractivity contribution in [3.8, 4) is 0 Å². The standard InChI is InChI=1S/C21H24O3/c1-21(2)14-23-19(24-15-21)13-18(16-9-5-3-6-10-16)20(22)17-11-7-4-8-12-17/h3-12,18-19H,13-15H2,1-2H3. The van der Waals surface area contributed by atoms with Gasteiger partial charge in [0, 0.05) is 17.4 Å². The highest BCUT2D eigenvalue weighted by Crippen LogP contribution is 2.31. The molecule has 1 aliphatic rings. The number of benzene rings is 2. The number of carbonyl (C=O) groups is 1. The second kappa shape index (κ2) is 7.29.